The van der Waals surface area contributed by atoms with E-state index in [1.54, 1.807) is 6.07 Å². The second kappa shape index (κ2) is 9.87. The minimum Gasteiger partial charge on any atom is -0.744 e. The smallest absolute Gasteiger partial charge is 0.245 e. The molecule has 9 heteroatoms. The molecule has 0 fully saturated rings. The Kier molecular flexibility index (Phi) is 9.26. The molecular formula is C14H17I3N2O3S. The molecule has 0 amide bonds. The Labute approximate surface area is 178 Å². The van der Waals surface area contributed by atoms with Crippen LogP contribution in [0.15, 0.2) is 35.5 Å². The standard InChI is InChI=1S/C8H13I2N2.C6H5IO3S/c1-3-4-5-12-6-11(2)7(9)8(12)10;7-5-2-1-3-6(4-5)11(8,9)10/h6H,3-5H2,1-2H3;1-4H,(H,8,9,10)/q+1;/p-1. The van der Waals surface area contributed by atoms with Crippen molar-refractivity contribution in [2.75, 3.05) is 0 Å². The van der Waals surface area contributed by atoms with Crippen LogP contribution in [0.1, 0.15) is 19.8 Å². The molecule has 0 saturated carbocycles. The highest BCUT2D eigenvalue weighted by molar-refractivity contribution is 14.1. The highest BCUT2D eigenvalue weighted by Gasteiger charge is 2.14. The van der Waals surface area contributed by atoms with E-state index < -0.39 is 10.1 Å². The lowest BCUT2D eigenvalue weighted by atomic mass is 10.3. The number of benzene rings is 1. The summed E-state index contributed by atoms with van der Waals surface area (Å²) in [5, 5.41) is 0. The highest BCUT2D eigenvalue weighted by atomic mass is 127. The summed E-state index contributed by atoms with van der Waals surface area (Å²) in [5.74, 6) is 0. The monoisotopic (exact) mass is 674 g/mol. The van der Waals surface area contributed by atoms with Crippen LogP contribution in [0.2, 0.25) is 0 Å². The van der Waals surface area contributed by atoms with Crippen LogP contribution < -0.4 is 4.57 Å². The van der Waals surface area contributed by atoms with Crippen LogP contribution in [0, 0.1) is 11.0 Å². The molecule has 0 atom stereocenters. The molecule has 0 aliphatic rings. The van der Waals surface area contributed by atoms with E-state index in [0.29, 0.717) is 0 Å². The van der Waals surface area contributed by atoms with Crippen LogP contribution in [0.25, 0.3) is 0 Å². The molecule has 1 aromatic heterocycles. The minimum atomic E-state index is -4.28. The molecule has 0 bridgehead atoms. The maximum absolute atomic E-state index is 10.4. The first-order chi connectivity index (χ1) is 10.7. The van der Waals surface area contributed by atoms with Crippen molar-refractivity contribution in [1.29, 1.82) is 0 Å². The molecular weight excluding hydrogens is 657 g/mol. The van der Waals surface area contributed by atoms with Gasteiger partial charge in [-0.25, -0.2) is 17.6 Å². The lowest BCUT2D eigenvalue weighted by Crippen LogP contribution is -2.28. The van der Waals surface area contributed by atoms with E-state index in [2.05, 4.69) is 74.6 Å². The lowest BCUT2D eigenvalue weighted by Gasteiger charge is -2.05. The molecule has 0 N–H and O–H groups in total. The van der Waals surface area contributed by atoms with Gasteiger partial charge in [-0.05, 0) is 47.2 Å². The van der Waals surface area contributed by atoms with Gasteiger partial charge in [0.25, 0.3) is 0 Å². The fraction of sp³-hybridized carbons (Fsp3) is 0.357. The summed E-state index contributed by atoms with van der Waals surface area (Å²) in [4.78, 5) is -0.176. The Bertz CT molecular complexity index is 761. The molecule has 1 heterocycles. The number of imidazole rings is 1. The predicted octanol–water partition coefficient (Wildman–Crippen LogP) is 3.52. The van der Waals surface area contributed by atoms with Gasteiger partial charge >= 0.3 is 0 Å². The first kappa shape index (κ1) is 21.6. The van der Waals surface area contributed by atoms with Crippen molar-refractivity contribution in [2.24, 2.45) is 7.05 Å². The maximum Gasteiger partial charge on any atom is 0.245 e. The summed E-state index contributed by atoms with van der Waals surface area (Å²) in [6.45, 7) is 3.37. The average molecular weight is 674 g/mol. The van der Waals surface area contributed by atoms with Crippen molar-refractivity contribution in [1.82, 2.24) is 4.57 Å². The number of aromatic nitrogens is 2. The van der Waals surface area contributed by atoms with Crippen LogP contribution in [0.5, 0.6) is 0 Å². The van der Waals surface area contributed by atoms with E-state index in [4.69, 9.17) is 0 Å². The number of nitrogens with zero attached hydrogens (tertiary/aromatic N) is 2. The molecule has 1 aromatic carbocycles. The van der Waals surface area contributed by atoms with E-state index in [1.165, 1.54) is 38.4 Å². The summed E-state index contributed by atoms with van der Waals surface area (Å²) in [6.07, 6.45) is 4.69. The van der Waals surface area contributed by atoms with Crippen LogP contribution in [0.3, 0.4) is 0 Å². The molecule has 0 aliphatic heterocycles. The lowest BCUT2D eigenvalue weighted by molar-refractivity contribution is -0.683. The molecule has 0 spiro atoms. The highest BCUT2D eigenvalue weighted by Crippen LogP contribution is 2.12. The summed E-state index contributed by atoms with van der Waals surface area (Å²) in [5.41, 5.74) is 0. The third kappa shape index (κ3) is 7.12. The Balaban J connectivity index is 0.000000231. The van der Waals surface area contributed by atoms with E-state index in [0.717, 1.165) is 10.1 Å². The van der Waals surface area contributed by atoms with Crippen molar-refractivity contribution < 1.29 is 17.5 Å². The molecule has 128 valence electrons. The van der Waals surface area contributed by atoms with Crippen LogP contribution in [-0.2, 0) is 23.7 Å². The molecule has 0 radical (unpaired) electrons. The first-order valence-corrected chi connectivity index (χ1v) is 11.4. The van der Waals surface area contributed by atoms with Gasteiger partial charge in [0.15, 0.2) is 0 Å². The molecule has 0 saturated heterocycles. The first-order valence-electron chi connectivity index (χ1n) is 6.78. The molecule has 0 unspecified atom stereocenters. The van der Waals surface area contributed by atoms with E-state index >= 15 is 0 Å². The van der Waals surface area contributed by atoms with Crippen molar-refractivity contribution in [3.05, 3.63) is 41.6 Å². The molecule has 2 rings (SSSR count). The predicted molar refractivity (Wildman–Crippen MR) is 113 cm³/mol. The van der Waals surface area contributed by atoms with Gasteiger partial charge in [-0.1, -0.05) is 19.4 Å². The number of rotatable bonds is 4. The van der Waals surface area contributed by atoms with Crippen LogP contribution in [-0.4, -0.2) is 17.5 Å². The van der Waals surface area contributed by atoms with Gasteiger partial charge in [-0.2, -0.15) is 0 Å². The Morgan fingerprint density at radius 2 is 1.91 bits per heavy atom. The second-order valence-electron chi connectivity index (χ2n) is 4.77. The Hall–Kier alpha value is 0.530. The van der Waals surface area contributed by atoms with Gasteiger partial charge in [-0.3, -0.25) is 0 Å². The number of hydrogen-bond acceptors (Lipinski definition) is 3. The maximum atomic E-state index is 10.4. The van der Waals surface area contributed by atoms with E-state index in [1.807, 2.05) is 22.6 Å². The summed E-state index contributed by atoms with van der Waals surface area (Å²) in [6, 6.07) is 5.87. The zero-order valence-electron chi connectivity index (χ0n) is 12.7. The summed E-state index contributed by atoms with van der Waals surface area (Å²) in [7, 11) is -2.19. The Morgan fingerprint density at radius 1 is 1.26 bits per heavy atom. The summed E-state index contributed by atoms with van der Waals surface area (Å²) < 4.78 is 39.2. The zero-order valence-corrected chi connectivity index (χ0v) is 20.0. The van der Waals surface area contributed by atoms with Gasteiger partial charge in [0.2, 0.25) is 13.7 Å². The van der Waals surface area contributed by atoms with Gasteiger partial charge < -0.3 is 4.55 Å². The quantitative estimate of drug-likeness (QED) is 0.284. The molecule has 0 aliphatic carbocycles. The van der Waals surface area contributed by atoms with Crippen molar-refractivity contribution >= 4 is 77.9 Å². The third-order valence-corrected chi connectivity index (χ3v) is 7.82. The van der Waals surface area contributed by atoms with Gasteiger partial charge in [0.1, 0.15) is 10.1 Å². The summed E-state index contributed by atoms with van der Waals surface area (Å²) >= 11 is 6.72. The Morgan fingerprint density at radius 3 is 2.30 bits per heavy atom. The van der Waals surface area contributed by atoms with E-state index in [-0.39, 0.29) is 4.90 Å². The average Bonchev–Trinajstić information content (AvgIpc) is 2.72. The third-order valence-electron chi connectivity index (χ3n) is 2.88. The van der Waals surface area contributed by atoms with Gasteiger partial charge in [-0.15, -0.1) is 0 Å². The number of halogens is 3. The van der Waals surface area contributed by atoms with Crippen LogP contribution in [0.4, 0.5) is 0 Å². The fourth-order valence-corrected chi connectivity index (χ4v) is 4.13. The van der Waals surface area contributed by atoms with Crippen molar-refractivity contribution in [2.45, 2.75) is 31.2 Å². The van der Waals surface area contributed by atoms with Crippen molar-refractivity contribution in [3.63, 3.8) is 0 Å². The SMILES string of the molecule is CCCCn1c[n+](C)c(I)c1I.O=S(=O)([O-])c1cccc(I)c1. The van der Waals surface area contributed by atoms with Gasteiger partial charge in [0, 0.05) is 48.8 Å². The normalized spacial score (nSPS) is 11.0. The fourth-order valence-electron chi connectivity index (χ4n) is 1.68. The number of aryl methyl sites for hydroxylation is 2. The zero-order chi connectivity index (χ0) is 17.6. The molecule has 2 aromatic rings. The minimum absolute atomic E-state index is 0.176. The largest absolute Gasteiger partial charge is 0.744 e. The van der Waals surface area contributed by atoms with Gasteiger partial charge in [0.05, 0.1) is 18.5 Å². The van der Waals surface area contributed by atoms with E-state index in [9.17, 15) is 13.0 Å². The molecule has 5 nitrogen and oxygen atoms in total. The topological polar surface area (TPSA) is 66.0 Å². The van der Waals surface area contributed by atoms with Crippen LogP contribution >= 0.6 is 67.8 Å². The molecule has 23 heavy (non-hydrogen) atoms. The number of hydrogen-bond donors (Lipinski definition) is 0. The van der Waals surface area contributed by atoms with Crippen molar-refractivity contribution in [3.8, 4) is 0 Å². The second-order valence-corrected chi connectivity index (χ2v) is 9.44. The number of unbranched alkanes of at least 4 members (excludes halogenated alkanes) is 1.